The lowest BCUT2D eigenvalue weighted by Gasteiger charge is -2.31. The Bertz CT molecular complexity index is 364. The number of carboxylic acids is 1. The predicted molar refractivity (Wildman–Crippen MR) is 75.9 cm³/mol. The van der Waals surface area contributed by atoms with E-state index in [-0.39, 0.29) is 24.5 Å². The van der Waals surface area contributed by atoms with Crippen molar-refractivity contribution in [2.45, 2.75) is 51.5 Å². The number of nitrogens with zero attached hydrogens (tertiary/aromatic N) is 1. The van der Waals surface area contributed by atoms with Crippen LogP contribution in [0.2, 0.25) is 0 Å². The Kier molecular flexibility index (Phi) is 7.56. The molecule has 0 bridgehead atoms. The maximum atomic E-state index is 11.7. The Labute approximate surface area is 124 Å². The summed E-state index contributed by atoms with van der Waals surface area (Å²) in [5.41, 5.74) is 0. The molecule has 1 rings (SSSR count). The van der Waals surface area contributed by atoms with Gasteiger partial charge in [-0.3, -0.25) is 9.59 Å². The number of amides is 2. The summed E-state index contributed by atoms with van der Waals surface area (Å²) >= 11 is 0. The third-order valence-electron chi connectivity index (χ3n) is 3.43. The van der Waals surface area contributed by atoms with Gasteiger partial charge in [0.2, 0.25) is 5.91 Å². The van der Waals surface area contributed by atoms with Gasteiger partial charge < -0.3 is 20.1 Å². The number of nitrogens with one attached hydrogen (secondary N) is 1. The average molecular weight is 300 g/mol. The summed E-state index contributed by atoms with van der Waals surface area (Å²) in [4.78, 5) is 35.2. The molecule has 1 fully saturated rings. The summed E-state index contributed by atoms with van der Waals surface area (Å²) in [5, 5.41) is 11.4. The second-order valence-corrected chi connectivity index (χ2v) is 5.13. The standard InChI is InChI=1S/C14H24N2O5/c1-2-21-14(20)16-9-7-11(8-10-16)15-12(17)5-3-4-6-13(18)19/h11H,2-10H2,1H3,(H,15,17)(H,18,19). The van der Waals surface area contributed by atoms with Gasteiger partial charge in [0.1, 0.15) is 0 Å². The van der Waals surface area contributed by atoms with Crippen LogP contribution in [0.25, 0.3) is 0 Å². The van der Waals surface area contributed by atoms with E-state index in [1.807, 2.05) is 0 Å². The number of aliphatic carboxylic acids is 1. The van der Waals surface area contributed by atoms with Crippen molar-refractivity contribution in [3.05, 3.63) is 0 Å². The molecule has 0 aromatic rings. The second kappa shape index (κ2) is 9.20. The first-order valence-electron chi connectivity index (χ1n) is 7.45. The number of ether oxygens (including phenoxy) is 1. The number of unbranched alkanes of at least 4 members (excludes halogenated alkanes) is 1. The number of hydrogen-bond acceptors (Lipinski definition) is 4. The molecule has 2 N–H and O–H groups in total. The molecule has 0 aromatic carbocycles. The van der Waals surface area contributed by atoms with Gasteiger partial charge in [0.05, 0.1) is 6.61 Å². The molecule has 1 heterocycles. The van der Waals surface area contributed by atoms with Gasteiger partial charge in [-0.15, -0.1) is 0 Å². The molecule has 0 unspecified atom stereocenters. The highest BCUT2D eigenvalue weighted by atomic mass is 16.6. The molecule has 1 saturated heterocycles. The van der Waals surface area contributed by atoms with E-state index in [9.17, 15) is 14.4 Å². The maximum Gasteiger partial charge on any atom is 0.409 e. The Hall–Kier alpha value is -1.79. The summed E-state index contributed by atoms with van der Waals surface area (Å²) in [5.74, 6) is -0.878. The number of likely N-dealkylation sites (tertiary alicyclic amines) is 1. The number of hydrogen-bond donors (Lipinski definition) is 2. The fraction of sp³-hybridized carbons (Fsp3) is 0.786. The second-order valence-electron chi connectivity index (χ2n) is 5.13. The Morgan fingerprint density at radius 3 is 2.38 bits per heavy atom. The van der Waals surface area contributed by atoms with Crippen molar-refractivity contribution < 1.29 is 24.2 Å². The van der Waals surface area contributed by atoms with E-state index >= 15 is 0 Å². The Morgan fingerprint density at radius 2 is 1.81 bits per heavy atom. The van der Waals surface area contributed by atoms with Gasteiger partial charge in [0.25, 0.3) is 0 Å². The van der Waals surface area contributed by atoms with Gasteiger partial charge in [-0.25, -0.2) is 4.79 Å². The first-order valence-corrected chi connectivity index (χ1v) is 7.45. The van der Waals surface area contributed by atoms with Gasteiger partial charge in [-0.1, -0.05) is 0 Å². The molecule has 0 radical (unpaired) electrons. The van der Waals surface area contributed by atoms with E-state index in [1.165, 1.54) is 0 Å². The van der Waals surface area contributed by atoms with Crippen molar-refractivity contribution in [1.82, 2.24) is 10.2 Å². The fourth-order valence-electron chi connectivity index (χ4n) is 2.28. The van der Waals surface area contributed by atoms with E-state index in [2.05, 4.69) is 5.32 Å². The molecular formula is C14H24N2O5. The molecule has 7 nitrogen and oxygen atoms in total. The SMILES string of the molecule is CCOC(=O)N1CCC(NC(=O)CCCCC(=O)O)CC1. The Balaban J connectivity index is 2.15. The van der Waals surface area contributed by atoms with Crippen molar-refractivity contribution in [2.75, 3.05) is 19.7 Å². The van der Waals surface area contributed by atoms with Crippen LogP contribution in [-0.4, -0.2) is 53.7 Å². The van der Waals surface area contributed by atoms with Gasteiger partial charge >= 0.3 is 12.1 Å². The number of carboxylic acid groups (broad SMARTS) is 1. The van der Waals surface area contributed by atoms with Crippen LogP contribution in [0.4, 0.5) is 4.79 Å². The summed E-state index contributed by atoms with van der Waals surface area (Å²) in [6.07, 6.45) is 2.70. The van der Waals surface area contributed by atoms with Crippen LogP contribution >= 0.6 is 0 Å². The molecule has 0 atom stereocenters. The first-order chi connectivity index (χ1) is 10.0. The van der Waals surface area contributed by atoms with E-state index in [4.69, 9.17) is 9.84 Å². The molecule has 0 aliphatic carbocycles. The van der Waals surface area contributed by atoms with E-state index < -0.39 is 5.97 Å². The Morgan fingerprint density at radius 1 is 1.19 bits per heavy atom. The number of rotatable bonds is 7. The van der Waals surface area contributed by atoms with Gasteiger partial charge in [-0.05, 0) is 32.6 Å². The molecule has 2 amide bonds. The monoisotopic (exact) mass is 300 g/mol. The number of piperidine rings is 1. The van der Waals surface area contributed by atoms with Crippen LogP contribution in [0.15, 0.2) is 0 Å². The lowest BCUT2D eigenvalue weighted by Crippen LogP contribution is -2.46. The fourth-order valence-corrected chi connectivity index (χ4v) is 2.28. The molecule has 1 aliphatic rings. The number of carbonyl (C=O) groups excluding carboxylic acids is 2. The molecule has 0 saturated carbocycles. The van der Waals surface area contributed by atoms with Crippen LogP contribution in [-0.2, 0) is 14.3 Å². The van der Waals surface area contributed by atoms with E-state index in [1.54, 1.807) is 11.8 Å². The summed E-state index contributed by atoms with van der Waals surface area (Å²) < 4.78 is 4.93. The summed E-state index contributed by atoms with van der Waals surface area (Å²) in [7, 11) is 0. The highest BCUT2D eigenvalue weighted by Gasteiger charge is 2.24. The summed E-state index contributed by atoms with van der Waals surface area (Å²) in [6, 6.07) is 0.0858. The van der Waals surface area contributed by atoms with Crippen molar-refractivity contribution in [3.63, 3.8) is 0 Å². The quantitative estimate of drug-likeness (QED) is 0.692. The molecular weight excluding hydrogens is 276 g/mol. The molecule has 0 aromatic heterocycles. The van der Waals surface area contributed by atoms with E-state index in [0.29, 0.717) is 39.0 Å². The van der Waals surface area contributed by atoms with Crippen LogP contribution in [0.1, 0.15) is 45.4 Å². The number of carbonyl (C=O) groups is 3. The average Bonchev–Trinajstić information content (AvgIpc) is 2.44. The van der Waals surface area contributed by atoms with Crippen LogP contribution in [0, 0.1) is 0 Å². The van der Waals surface area contributed by atoms with Crippen LogP contribution in [0.5, 0.6) is 0 Å². The molecule has 7 heteroatoms. The first kappa shape index (κ1) is 17.3. The van der Waals surface area contributed by atoms with Crippen molar-refractivity contribution >= 4 is 18.0 Å². The molecule has 21 heavy (non-hydrogen) atoms. The van der Waals surface area contributed by atoms with Crippen molar-refractivity contribution in [1.29, 1.82) is 0 Å². The highest BCUT2D eigenvalue weighted by Crippen LogP contribution is 2.12. The topological polar surface area (TPSA) is 95.9 Å². The molecule has 120 valence electrons. The smallest absolute Gasteiger partial charge is 0.409 e. The minimum Gasteiger partial charge on any atom is -0.481 e. The largest absolute Gasteiger partial charge is 0.481 e. The van der Waals surface area contributed by atoms with Gasteiger partial charge in [0.15, 0.2) is 0 Å². The maximum absolute atomic E-state index is 11.7. The normalized spacial score (nSPS) is 15.6. The zero-order valence-corrected chi connectivity index (χ0v) is 12.5. The molecule has 0 spiro atoms. The third-order valence-corrected chi connectivity index (χ3v) is 3.43. The lowest BCUT2D eigenvalue weighted by molar-refractivity contribution is -0.137. The third kappa shape index (κ3) is 6.97. The minimum atomic E-state index is -0.832. The lowest BCUT2D eigenvalue weighted by atomic mass is 10.0. The van der Waals surface area contributed by atoms with E-state index in [0.717, 1.165) is 12.8 Å². The van der Waals surface area contributed by atoms with Crippen LogP contribution < -0.4 is 5.32 Å². The molecule has 1 aliphatic heterocycles. The van der Waals surface area contributed by atoms with Crippen molar-refractivity contribution in [3.8, 4) is 0 Å². The zero-order valence-electron chi connectivity index (χ0n) is 12.5. The van der Waals surface area contributed by atoms with Crippen molar-refractivity contribution in [2.24, 2.45) is 0 Å². The summed E-state index contributed by atoms with van der Waals surface area (Å²) in [6.45, 7) is 3.31. The predicted octanol–water partition coefficient (Wildman–Crippen LogP) is 1.37. The minimum absolute atomic E-state index is 0.0463. The van der Waals surface area contributed by atoms with Crippen LogP contribution in [0.3, 0.4) is 0 Å². The van der Waals surface area contributed by atoms with Gasteiger partial charge in [0, 0.05) is 32.0 Å². The van der Waals surface area contributed by atoms with Gasteiger partial charge in [-0.2, -0.15) is 0 Å². The zero-order chi connectivity index (χ0) is 15.7. The highest BCUT2D eigenvalue weighted by molar-refractivity contribution is 5.76.